The van der Waals surface area contributed by atoms with Crippen molar-refractivity contribution in [3.63, 3.8) is 0 Å². The van der Waals surface area contributed by atoms with E-state index < -0.39 is 34.7 Å². The summed E-state index contributed by atoms with van der Waals surface area (Å²) in [6.07, 6.45) is 4.16. The lowest BCUT2D eigenvalue weighted by Crippen LogP contribution is -2.43. The molecular weight excluding hydrogens is 420 g/mol. The second-order valence-electron chi connectivity index (χ2n) is 8.48. The Morgan fingerprint density at radius 2 is 1.71 bits per heavy atom. The first-order valence-electron chi connectivity index (χ1n) is 10.9. The minimum absolute atomic E-state index is 0.0548. The van der Waals surface area contributed by atoms with Crippen molar-refractivity contribution in [2.75, 3.05) is 26.2 Å². The molecule has 0 radical (unpaired) electrons. The van der Waals surface area contributed by atoms with Crippen molar-refractivity contribution in [3.8, 4) is 0 Å². The van der Waals surface area contributed by atoms with Crippen LogP contribution in [0, 0.1) is 13.8 Å². The summed E-state index contributed by atoms with van der Waals surface area (Å²) >= 11 is 0. The first kappa shape index (κ1) is 23.7. The molecule has 2 aliphatic rings. The normalized spacial score (nSPS) is 23.3. The number of ether oxygens (including phenoxy) is 1. The fraction of sp³-hybridized carbons (Fsp3) is 0.636. The Morgan fingerprint density at radius 3 is 2.35 bits per heavy atom. The maximum Gasteiger partial charge on any atom is 0.325 e. The predicted octanol–water partition coefficient (Wildman–Crippen LogP) is 1.76. The molecule has 9 heteroatoms. The number of aliphatic hydroxyl groups excluding tert-OH is 1. The Labute approximate surface area is 184 Å². The lowest BCUT2D eigenvalue weighted by Gasteiger charge is -2.26. The van der Waals surface area contributed by atoms with Crippen molar-refractivity contribution < 1.29 is 27.9 Å². The average molecular weight is 453 g/mol. The van der Waals surface area contributed by atoms with Gasteiger partial charge in [-0.15, -0.1) is 0 Å². The molecule has 1 unspecified atom stereocenters. The minimum Gasteiger partial charge on any atom is -0.454 e. The fourth-order valence-corrected chi connectivity index (χ4v) is 5.80. The van der Waals surface area contributed by atoms with Crippen LogP contribution < -0.4 is 0 Å². The second kappa shape index (κ2) is 10.1. The van der Waals surface area contributed by atoms with Crippen molar-refractivity contribution >= 4 is 21.9 Å². The van der Waals surface area contributed by atoms with Gasteiger partial charge in [-0.3, -0.25) is 9.59 Å². The van der Waals surface area contributed by atoms with Gasteiger partial charge in [-0.1, -0.05) is 25.3 Å². The third kappa shape index (κ3) is 5.64. The molecule has 2 heterocycles. The Hall–Kier alpha value is -1.97. The largest absolute Gasteiger partial charge is 0.454 e. The van der Waals surface area contributed by atoms with E-state index in [0.717, 1.165) is 41.1 Å². The van der Waals surface area contributed by atoms with Crippen molar-refractivity contribution in [1.82, 2.24) is 9.21 Å². The molecule has 8 nitrogen and oxygen atoms in total. The molecule has 2 atom stereocenters. The number of β-amino-alcohol motifs (C(OH)–C–C–N with tert-alkyl or cyclic N) is 1. The van der Waals surface area contributed by atoms with E-state index in [1.807, 2.05) is 13.8 Å². The monoisotopic (exact) mass is 452 g/mol. The molecule has 1 N–H and O–H groups in total. The molecule has 31 heavy (non-hydrogen) atoms. The zero-order valence-electron chi connectivity index (χ0n) is 18.2. The topological polar surface area (TPSA) is 104 Å². The zero-order chi connectivity index (χ0) is 22.6. The molecule has 1 amide bonds. The lowest BCUT2D eigenvalue weighted by molar-refractivity contribution is -0.154. The van der Waals surface area contributed by atoms with Crippen LogP contribution >= 0.6 is 0 Å². The van der Waals surface area contributed by atoms with Crippen molar-refractivity contribution in [2.45, 2.75) is 69.4 Å². The van der Waals surface area contributed by atoms with Crippen molar-refractivity contribution in [2.24, 2.45) is 0 Å². The highest BCUT2D eigenvalue weighted by Crippen LogP contribution is 2.28. The maximum atomic E-state index is 13.1. The third-order valence-corrected chi connectivity index (χ3v) is 8.01. The maximum absolute atomic E-state index is 13.1. The molecule has 2 fully saturated rings. The summed E-state index contributed by atoms with van der Waals surface area (Å²) in [5.74, 6) is -1.07. The highest BCUT2D eigenvalue weighted by Gasteiger charge is 2.44. The van der Waals surface area contributed by atoms with Gasteiger partial charge in [0, 0.05) is 26.1 Å². The van der Waals surface area contributed by atoms with Gasteiger partial charge in [0.1, 0.15) is 6.04 Å². The number of aliphatic hydroxyl groups is 1. The smallest absolute Gasteiger partial charge is 0.325 e. The van der Waals surface area contributed by atoms with Gasteiger partial charge in [0.25, 0.3) is 5.91 Å². The fourth-order valence-electron chi connectivity index (χ4n) is 4.09. The lowest BCUT2D eigenvalue weighted by atomic mass is 10.1. The molecule has 2 saturated heterocycles. The molecule has 1 aromatic rings. The Kier molecular flexibility index (Phi) is 7.72. The standard InChI is InChI=1S/C22H32N2O6S/c1-16-8-9-19(12-17(16)2)31(28,29)24-14-18(25)13-20(24)22(27)30-15-21(26)23-10-6-4-3-5-7-11-23/h8-9,12,18,20,25H,3-7,10-11,13-15H2,1-2H3/t18?,20-/m0/s1. The number of likely N-dealkylation sites (tertiary alicyclic amines) is 1. The highest BCUT2D eigenvalue weighted by atomic mass is 32.2. The number of sulfonamides is 1. The third-order valence-electron chi connectivity index (χ3n) is 6.14. The molecule has 0 bridgehead atoms. The van der Waals surface area contributed by atoms with Gasteiger partial charge in [0.2, 0.25) is 10.0 Å². The summed E-state index contributed by atoms with van der Waals surface area (Å²) in [7, 11) is -4.00. The minimum atomic E-state index is -4.00. The van der Waals surface area contributed by atoms with Gasteiger partial charge >= 0.3 is 5.97 Å². The van der Waals surface area contributed by atoms with Crippen LogP contribution in [0.1, 0.15) is 49.7 Å². The number of hydrogen-bond donors (Lipinski definition) is 1. The Balaban J connectivity index is 1.67. The summed E-state index contributed by atoms with van der Waals surface area (Å²) in [6.45, 7) is 4.39. The SMILES string of the molecule is Cc1ccc(S(=O)(=O)N2CC(O)C[C@H]2C(=O)OCC(=O)N2CCCCCCC2)cc1C. The van der Waals surface area contributed by atoms with E-state index >= 15 is 0 Å². The second-order valence-corrected chi connectivity index (χ2v) is 10.4. The number of rotatable bonds is 5. The molecule has 0 aliphatic carbocycles. The van der Waals surface area contributed by atoms with E-state index in [1.165, 1.54) is 12.5 Å². The molecule has 0 saturated carbocycles. The Bertz CT molecular complexity index is 909. The molecule has 3 rings (SSSR count). The number of aryl methyl sites for hydroxylation is 2. The first-order valence-corrected chi connectivity index (χ1v) is 12.4. The van der Waals surface area contributed by atoms with E-state index in [4.69, 9.17) is 4.74 Å². The first-order chi connectivity index (χ1) is 14.7. The molecule has 0 aromatic heterocycles. The molecule has 2 aliphatic heterocycles. The number of carbonyl (C=O) groups excluding carboxylic acids is 2. The van der Waals surface area contributed by atoms with Gasteiger partial charge in [-0.25, -0.2) is 8.42 Å². The molecule has 0 spiro atoms. The van der Waals surface area contributed by atoms with Gasteiger partial charge in [-0.2, -0.15) is 4.31 Å². The summed E-state index contributed by atoms with van der Waals surface area (Å²) in [6, 6.07) is 3.62. The van der Waals surface area contributed by atoms with Gasteiger partial charge in [-0.05, 0) is 49.9 Å². The van der Waals surface area contributed by atoms with Crippen molar-refractivity contribution in [3.05, 3.63) is 29.3 Å². The van der Waals surface area contributed by atoms with Crippen LogP contribution in [0.4, 0.5) is 0 Å². The van der Waals surface area contributed by atoms with Crippen LogP contribution in [0.15, 0.2) is 23.1 Å². The Morgan fingerprint density at radius 1 is 1.06 bits per heavy atom. The summed E-state index contributed by atoms with van der Waals surface area (Å²) in [5, 5.41) is 10.1. The van der Waals surface area contributed by atoms with Crippen LogP contribution in [-0.2, 0) is 24.3 Å². The summed E-state index contributed by atoms with van der Waals surface area (Å²) < 4.78 is 32.5. The van der Waals surface area contributed by atoms with Gasteiger partial charge in [0.05, 0.1) is 11.0 Å². The van der Waals surface area contributed by atoms with Crippen LogP contribution in [-0.4, -0.2) is 73.0 Å². The van der Waals surface area contributed by atoms with E-state index in [9.17, 15) is 23.1 Å². The molecule has 1 aromatic carbocycles. The zero-order valence-corrected chi connectivity index (χ0v) is 19.1. The molecule has 172 valence electrons. The number of carbonyl (C=O) groups is 2. The number of esters is 1. The predicted molar refractivity (Wildman–Crippen MR) is 115 cm³/mol. The van der Waals surface area contributed by atoms with Crippen molar-refractivity contribution in [1.29, 1.82) is 0 Å². The van der Waals surface area contributed by atoms with E-state index in [2.05, 4.69) is 0 Å². The summed E-state index contributed by atoms with van der Waals surface area (Å²) in [5.41, 5.74) is 1.78. The number of nitrogens with zero attached hydrogens (tertiary/aromatic N) is 2. The summed E-state index contributed by atoms with van der Waals surface area (Å²) in [4.78, 5) is 27.0. The number of benzene rings is 1. The van der Waals surface area contributed by atoms with Crippen LogP contribution in [0.3, 0.4) is 0 Å². The average Bonchev–Trinajstić information content (AvgIpc) is 3.10. The quantitative estimate of drug-likeness (QED) is 0.683. The van der Waals surface area contributed by atoms with Crippen LogP contribution in [0.5, 0.6) is 0 Å². The van der Waals surface area contributed by atoms with E-state index in [-0.39, 0.29) is 23.8 Å². The van der Waals surface area contributed by atoms with Crippen LogP contribution in [0.25, 0.3) is 0 Å². The van der Waals surface area contributed by atoms with E-state index in [1.54, 1.807) is 17.0 Å². The number of amides is 1. The van der Waals surface area contributed by atoms with E-state index in [0.29, 0.717) is 13.1 Å². The van der Waals surface area contributed by atoms with Gasteiger partial charge < -0.3 is 14.7 Å². The van der Waals surface area contributed by atoms with Gasteiger partial charge in [0.15, 0.2) is 6.61 Å². The highest BCUT2D eigenvalue weighted by molar-refractivity contribution is 7.89. The number of hydrogen-bond acceptors (Lipinski definition) is 6. The molecular formula is C22H32N2O6S. The van der Waals surface area contributed by atoms with Crippen LogP contribution in [0.2, 0.25) is 0 Å².